The fourth-order valence-corrected chi connectivity index (χ4v) is 2.62. The monoisotopic (exact) mass is 369 g/mol. The Morgan fingerprint density at radius 1 is 1.15 bits per heavy atom. The molecule has 6 heteroatoms. The summed E-state index contributed by atoms with van der Waals surface area (Å²) in [6.45, 7) is 6.63. The molecule has 0 atom stereocenters. The molecule has 1 heterocycles. The minimum atomic E-state index is -0.254. The van der Waals surface area contributed by atoms with Crippen molar-refractivity contribution < 1.29 is 14.0 Å². The van der Waals surface area contributed by atoms with Gasteiger partial charge in [0.1, 0.15) is 5.76 Å². The lowest BCUT2D eigenvalue weighted by molar-refractivity contribution is -0.121. The molecule has 2 aromatic rings. The second-order valence-electron chi connectivity index (χ2n) is 6.16. The third kappa shape index (κ3) is 7.40. The summed E-state index contributed by atoms with van der Waals surface area (Å²) >= 11 is 0. The van der Waals surface area contributed by atoms with Gasteiger partial charge in [0.2, 0.25) is 11.8 Å². The first-order valence-electron chi connectivity index (χ1n) is 9.16. The summed E-state index contributed by atoms with van der Waals surface area (Å²) in [5.41, 5.74) is 2.37. The highest BCUT2D eigenvalue weighted by atomic mass is 16.3. The van der Waals surface area contributed by atoms with Crippen molar-refractivity contribution in [2.45, 2.75) is 20.3 Å². The highest BCUT2D eigenvalue weighted by Gasteiger charge is 2.06. The molecule has 6 nitrogen and oxygen atoms in total. The fourth-order valence-electron chi connectivity index (χ4n) is 2.62. The maximum absolute atomic E-state index is 11.9. The van der Waals surface area contributed by atoms with Gasteiger partial charge < -0.3 is 20.0 Å². The second kappa shape index (κ2) is 10.9. The van der Waals surface area contributed by atoms with Crippen LogP contribution in [0.15, 0.2) is 53.2 Å². The number of likely N-dealkylation sites (N-methyl/N-ethyl adjacent to an activating group) is 1. The van der Waals surface area contributed by atoms with E-state index in [9.17, 15) is 9.59 Å². The Balaban J connectivity index is 1.63. The number of benzene rings is 1. The average Bonchev–Trinajstić information content (AvgIpc) is 3.17. The van der Waals surface area contributed by atoms with Crippen molar-refractivity contribution in [2.24, 2.45) is 0 Å². The van der Waals surface area contributed by atoms with E-state index in [0.717, 1.165) is 18.8 Å². The van der Waals surface area contributed by atoms with Gasteiger partial charge in [-0.1, -0.05) is 12.1 Å². The summed E-state index contributed by atoms with van der Waals surface area (Å²) in [4.78, 5) is 25.8. The van der Waals surface area contributed by atoms with Crippen LogP contribution in [0, 0.1) is 6.92 Å². The van der Waals surface area contributed by atoms with E-state index in [-0.39, 0.29) is 18.2 Å². The molecular formula is C21H27N3O3. The van der Waals surface area contributed by atoms with E-state index in [1.807, 2.05) is 6.07 Å². The summed E-state index contributed by atoms with van der Waals surface area (Å²) in [5.74, 6) is 0.276. The van der Waals surface area contributed by atoms with Crippen molar-refractivity contribution in [3.63, 3.8) is 0 Å². The Hall–Kier alpha value is -3.02. The molecule has 27 heavy (non-hydrogen) atoms. The summed E-state index contributed by atoms with van der Waals surface area (Å²) in [6, 6.07) is 11.8. The SMILES string of the molecule is CCN(CCNC(=O)CCNC(=O)/C=C/c1ccco1)c1cccc(C)c1. The number of carbonyl (C=O) groups is 2. The van der Waals surface area contributed by atoms with Crippen LogP contribution >= 0.6 is 0 Å². The molecule has 0 saturated heterocycles. The molecule has 2 rings (SSSR count). The summed E-state index contributed by atoms with van der Waals surface area (Å²) < 4.78 is 5.10. The molecule has 144 valence electrons. The standard InChI is InChI=1S/C21H27N3O3/c1-3-24(18-7-4-6-17(2)16-18)14-13-23-21(26)11-12-22-20(25)10-9-19-8-5-15-27-19/h4-10,15-16H,3,11-14H2,1-2H3,(H,22,25)(H,23,26)/b10-9+. The first-order chi connectivity index (χ1) is 13.1. The van der Waals surface area contributed by atoms with Crippen molar-refractivity contribution in [1.82, 2.24) is 10.6 Å². The Labute approximate surface area is 160 Å². The zero-order valence-electron chi connectivity index (χ0n) is 15.9. The topological polar surface area (TPSA) is 74.6 Å². The number of aryl methyl sites for hydroxylation is 1. The minimum absolute atomic E-state index is 0.0781. The van der Waals surface area contributed by atoms with Crippen molar-refractivity contribution in [3.8, 4) is 0 Å². The normalized spacial score (nSPS) is 10.7. The largest absolute Gasteiger partial charge is 0.465 e. The lowest BCUT2D eigenvalue weighted by Crippen LogP contribution is -2.36. The van der Waals surface area contributed by atoms with Crippen molar-refractivity contribution in [1.29, 1.82) is 0 Å². The molecule has 0 bridgehead atoms. The quantitative estimate of drug-likeness (QED) is 0.632. The molecule has 0 radical (unpaired) electrons. The van der Waals surface area contributed by atoms with Crippen LogP contribution in [-0.4, -0.2) is 38.0 Å². The molecule has 1 aromatic heterocycles. The fraction of sp³-hybridized carbons (Fsp3) is 0.333. The molecule has 0 unspecified atom stereocenters. The first kappa shape index (κ1) is 20.3. The Bertz CT molecular complexity index is 754. The number of rotatable bonds is 10. The molecule has 0 aliphatic rings. The van der Waals surface area contributed by atoms with Crippen molar-refractivity contribution in [3.05, 3.63) is 60.1 Å². The average molecular weight is 369 g/mol. The third-order valence-corrected chi connectivity index (χ3v) is 4.05. The van der Waals surface area contributed by atoms with Gasteiger partial charge in [-0.15, -0.1) is 0 Å². The van der Waals surface area contributed by atoms with E-state index in [1.54, 1.807) is 24.5 Å². The van der Waals surface area contributed by atoms with Crippen LogP contribution in [0.4, 0.5) is 5.69 Å². The molecule has 0 aliphatic carbocycles. The van der Waals surface area contributed by atoms with E-state index >= 15 is 0 Å². The second-order valence-corrected chi connectivity index (χ2v) is 6.16. The van der Waals surface area contributed by atoms with Gasteiger partial charge in [-0.2, -0.15) is 0 Å². The van der Waals surface area contributed by atoms with Crippen LogP contribution in [0.2, 0.25) is 0 Å². The van der Waals surface area contributed by atoms with Gasteiger partial charge >= 0.3 is 0 Å². The van der Waals surface area contributed by atoms with E-state index in [4.69, 9.17) is 4.42 Å². The molecule has 2 amide bonds. The predicted octanol–water partition coefficient (Wildman–Crippen LogP) is 2.75. The molecule has 2 N–H and O–H groups in total. The van der Waals surface area contributed by atoms with Crippen LogP contribution in [0.5, 0.6) is 0 Å². The lowest BCUT2D eigenvalue weighted by Gasteiger charge is -2.23. The molecule has 0 spiro atoms. The highest BCUT2D eigenvalue weighted by Crippen LogP contribution is 2.14. The molecule has 0 fully saturated rings. The zero-order chi connectivity index (χ0) is 19.5. The van der Waals surface area contributed by atoms with Gasteiger partial charge in [0, 0.05) is 44.4 Å². The summed E-state index contributed by atoms with van der Waals surface area (Å²) in [5, 5.41) is 5.57. The van der Waals surface area contributed by atoms with Crippen LogP contribution < -0.4 is 15.5 Å². The van der Waals surface area contributed by atoms with E-state index in [2.05, 4.69) is 47.6 Å². The first-order valence-corrected chi connectivity index (χ1v) is 9.16. The Kier molecular flexibility index (Phi) is 8.16. The van der Waals surface area contributed by atoms with Crippen LogP contribution in [-0.2, 0) is 9.59 Å². The van der Waals surface area contributed by atoms with Gasteiger partial charge in [-0.25, -0.2) is 0 Å². The van der Waals surface area contributed by atoms with Gasteiger partial charge in [0.25, 0.3) is 0 Å². The molecule has 1 aromatic carbocycles. The number of hydrogen-bond donors (Lipinski definition) is 2. The molecular weight excluding hydrogens is 342 g/mol. The summed E-state index contributed by atoms with van der Waals surface area (Å²) in [6.07, 6.45) is 4.76. The maximum atomic E-state index is 11.9. The Morgan fingerprint density at radius 3 is 2.70 bits per heavy atom. The smallest absolute Gasteiger partial charge is 0.244 e. The molecule has 0 aliphatic heterocycles. The van der Waals surface area contributed by atoms with E-state index in [1.165, 1.54) is 11.6 Å². The third-order valence-electron chi connectivity index (χ3n) is 4.05. The molecule has 0 saturated carbocycles. The van der Waals surface area contributed by atoms with Crippen LogP contribution in [0.1, 0.15) is 24.7 Å². The van der Waals surface area contributed by atoms with Crippen molar-refractivity contribution >= 4 is 23.6 Å². The lowest BCUT2D eigenvalue weighted by atomic mass is 10.2. The minimum Gasteiger partial charge on any atom is -0.465 e. The van der Waals surface area contributed by atoms with Crippen molar-refractivity contribution in [2.75, 3.05) is 31.1 Å². The number of furan rings is 1. The number of nitrogens with one attached hydrogen (secondary N) is 2. The van der Waals surface area contributed by atoms with Gasteiger partial charge in [-0.05, 0) is 49.8 Å². The summed E-state index contributed by atoms with van der Waals surface area (Å²) in [7, 11) is 0. The Morgan fingerprint density at radius 2 is 2.00 bits per heavy atom. The number of anilines is 1. The predicted molar refractivity (Wildman–Crippen MR) is 107 cm³/mol. The van der Waals surface area contributed by atoms with Crippen LogP contribution in [0.3, 0.4) is 0 Å². The van der Waals surface area contributed by atoms with Gasteiger partial charge in [-0.3, -0.25) is 9.59 Å². The highest BCUT2D eigenvalue weighted by molar-refractivity contribution is 5.91. The number of amides is 2. The van der Waals surface area contributed by atoms with E-state index in [0.29, 0.717) is 18.8 Å². The number of hydrogen-bond acceptors (Lipinski definition) is 4. The maximum Gasteiger partial charge on any atom is 0.244 e. The number of carbonyl (C=O) groups excluding carboxylic acids is 2. The van der Waals surface area contributed by atoms with Gasteiger partial charge in [0.15, 0.2) is 0 Å². The van der Waals surface area contributed by atoms with Crippen LogP contribution in [0.25, 0.3) is 6.08 Å². The number of nitrogens with zero attached hydrogens (tertiary/aromatic N) is 1. The zero-order valence-corrected chi connectivity index (χ0v) is 15.9. The van der Waals surface area contributed by atoms with Gasteiger partial charge in [0.05, 0.1) is 6.26 Å². The van der Waals surface area contributed by atoms with E-state index < -0.39 is 0 Å².